The molecule has 0 saturated heterocycles. The average Bonchev–Trinajstić information content (AvgIpc) is 2.82. The fraction of sp³-hybridized carbons (Fsp3) is 0.240. The number of halogens is 2. The molecule has 6 nitrogen and oxygen atoms in total. The Morgan fingerprint density at radius 2 is 1.67 bits per heavy atom. The summed E-state index contributed by atoms with van der Waals surface area (Å²) < 4.78 is 26.5. The number of pyridine rings is 2. The Balaban J connectivity index is 1.29. The highest BCUT2D eigenvalue weighted by molar-refractivity contribution is 6.10. The Morgan fingerprint density at radius 3 is 2.42 bits per heavy atom. The number of anilines is 1. The molecule has 0 atom stereocenters. The fourth-order valence-corrected chi connectivity index (χ4v) is 4.53. The summed E-state index contributed by atoms with van der Waals surface area (Å²) in [7, 11) is 0. The maximum atomic E-state index is 13.4. The summed E-state index contributed by atoms with van der Waals surface area (Å²) in [6.45, 7) is 0. The summed E-state index contributed by atoms with van der Waals surface area (Å²) >= 11 is 0. The number of benzene rings is 2. The number of aromatic amines is 1. The highest BCUT2D eigenvalue weighted by Crippen LogP contribution is 2.30. The number of amides is 1. The van der Waals surface area contributed by atoms with E-state index in [0.717, 1.165) is 54.3 Å². The number of fused-ring (bicyclic) bond motifs is 3. The van der Waals surface area contributed by atoms with Crippen molar-refractivity contribution in [1.82, 2.24) is 15.3 Å². The molecule has 1 aliphatic rings. The zero-order chi connectivity index (χ0) is 22.9. The van der Waals surface area contributed by atoms with Crippen molar-refractivity contribution in [3.8, 4) is 0 Å². The lowest BCUT2D eigenvalue weighted by molar-refractivity contribution is 0.0926. The molecular weight excluding hydrogens is 426 g/mol. The van der Waals surface area contributed by atoms with Gasteiger partial charge in [-0.2, -0.15) is 0 Å². The van der Waals surface area contributed by atoms with E-state index in [1.807, 2.05) is 24.3 Å². The molecule has 33 heavy (non-hydrogen) atoms. The predicted molar refractivity (Wildman–Crippen MR) is 123 cm³/mol. The van der Waals surface area contributed by atoms with Gasteiger partial charge in [-0.15, -0.1) is 0 Å². The Bertz CT molecular complexity index is 1410. The molecule has 0 radical (unpaired) electrons. The fourth-order valence-electron chi connectivity index (χ4n) is 4.53. The van der Waals surface area contributed by atoms with Crippen LogP contribution >= 0.6 is 0 Å². The van der Waals surface area contributed by atoms with Gasteiger partial charge in [-0.3, -0.25) is 9.59 Å². The molecule has 168 valence electrons. The molecule has 1 aliphatic carbocycles. The molecule has 0 unspecified atom stereocenters. The van der Waals surface area contributed by atoms with Crippen LogP contribution in [0.3, 0.4) is 0 Å². The molecule has 1 amide bonds. The van der Waals surface area contributed by atoms with Gasteiger partial charge in [0.2, 0.25) is 0 Å². The largest absolute Gasteiger partial charge is 0.382 e. The van der Waals surface area contributed by atoms with Crippen molar-refractivity contribution < 1.29 is 13.6 Å². The molecule has 2 aromatic carbocycles. The van der Waals surface area contributed by atoms with E-state index in [4.69, 9.17) is 0 Å². The summed E-state index contributed by atoms with van der Waals surface area (Å²) in [6, 6.07) is 12.7. The molecule has 0 spiro atoms. The smallest absolute Gasteiger partial charge is 0.257 e. The second-order valence-corrected chi connectivity index (χ2v) is 8.38. The lowest BCUT2D eigenvalue weighted by Gasteiger charge is -2.30. The first kappa shape index (κ1) is 21.1. The van der Waals surface area contributed by atoms with Gasteiger partial charge < -0.3 is 15.6 Å². The highest BCUT2D eigenvalue weighted by atomic mass is 19.2. The number of hydrogen-bond donors (Lipinski definition) is 3. The average molecular weight is 448 g/mol. The monoisotopic (exact) mass is 448 g/mol. The number of carbonyl (C=O) groups is 1. The lowest BCUT2D eigenvalue weighted by Crippen LogP contribution is -2.40. The summed E-state index contributed by atoms with van der Waals surface area (Å²) in [5.74, 6) is -2.41. The molecule has 2 aromatic heterocycles. The van der Waals surface area contributed by atoms with Crippen LogP contribution in [0.4, 0.5) is 14.5 Å². The Hall–Kier alpha value is -3.81. The van der Waals surface area contributed by atoms with Crippen LogP contribution in [0, 0.1) is 11.6 Å². The van der Waals surface area contributed by atoms with Gasteiger partial charge in [0, 0.05) is 45.7 Å². The molecule has 8 heteroatoms. The van der Waals surface area contributed by atoms with E-state index in [-0.39, 0.29) is 23.2 Å². The number of nitrogens with zero attached hydrogens (tertiary/aromatic N) is 1. The lowest BCUT2D eigenvalue weighted by atomic mass is 9.90. The van der Waals surface area contributed by atoms with Gasteiger partial charge in [-0.25, -0.2) is 13.8 Å². The van der Waals surface area contributed by atoms with Crippen molar-refractivity contribution in [1.29, 1.82) is 0 Å². The van der Waals surface area contributed by atoms with E-state index in [9.17, 15) is 18.4 Å². The molecule has 1 saturated carbocycles. The van der Waals surface area contributed by atoms with E-state index < -0.39 is 17.5 Å². The second-order valence-electron chi connectivity index (χ2n) is 8.38. The SMILES string of the molecule is O=C(NC1CCC(Nc2ccnc3[nH]c(=O)c4ccccc4c23)CC1)c1ccc(F)c(F)c1. The first-order valence-corrected chi connectivity index (χ1v) is 10.9. The van der Waals surface area contributed by atoms with Crippen molar-refractivity contribution >= 4 is 33.4 Å². The predicted octanol–water partition coefficient (Wildman–Crippen LogP) is 4.51. The molecule has 5 rings (SSSR count). The third-order valence-corrected chi connectivity index (χ3v) is 6.23. The van der Waals surface area contributed by atoms with Gasteiger partial charge in [-0.05, 0) is 56.0 Å². The number of carbonyl (C=O) groups excluding carboxylic acids is 1. The van der Waals surface area contributed by atoms with E-state index in [0.29, 0.717) is 11.0 Å². The van der Waals surface area contributed by atoms with Crippen LogP contribution in [0.5, 0.6) is 0 Å². The molecule has 2 heterocycles. The van der Waals surface area contributed by atoms with Crippen molar-refractivity contribution in [2.45, 2.75) is 37.8 Å². The Morgan fingerprint density at radius 1 is 0.939 bits per heavy atom. The van der Waals surface area contributed by atoms with E-state index >= 15 is 0 Å². The van der Waals surface area contributed by atoms with Crippen molar-refractivity contribution in [3.05, 3.63) is 82.3 Å². The van der Waals surface area contributed by atoms with Gasteiger partial charge in [-0.1, -0.05) is 18.2 Å². The molecular formula is C25H22F2N4O2. The third-order valence-electron chi connectivity index (χ3n) is 6.23. The minimum atomic E-state index is -1.03. The van der Waals surface area contributed by atoms with Crippen LogP contribution in [-0.2, 0) is 0 Å². The van der Waals surface area contributed by atoms with Gasteiger partial charge in [0.05, 0.1) is 0 Å². The van der Waals surface area contributed by atoms with E-state index in [2.05, 4.69) is 20.6 Å². The van der Waals surface area contributed by atoms with Gasteiger partial charge >= 0.3 is 0 Å². The van der Waals surface area contributed by atoms with E-state index in [1.54, 1.807) is 12.3 Å². The van der Waals surface area contributed by atoms with Crippen molar-refractivity contribution in [2.75, 3.05) is 5.32 Å². The highest BCUT2D eigenvalue weighted by Gasteiger charge is 2.24. The van der Waals surface area contributed by atoms with Crippen LogP contribution in [0.1, 0.15) is 36.0 Å². The van der Waals surface area contributed by atoms with Gasteiger partial charge in [0.25, 0.3) is 11.5 Å². The van der Waals surface area contributed by atoms with Crippen molar-refractivity contribution in [3.63, 3.8) is 0 Å². The van der Waals surface area contributed by atoms with E-state index in [1.165, 1.54) is 6.07 Å². The summed E-state index contributed by atoms with van der Waals surface area (Å²) in [5.41, 5.74) is 1.39. The van der Waals surface area contributed by atoms with Crippen molar-refractivity contribution in [2.24, 2.45) is 0 Å². The zero-order valence-electron chi connectivity index (χ0n) is 17.7. The number of aromatic nitrogens is 2. The molecule has 0 aliphatic heterocycles. The number of H-pyrrole nitrogens is 1. The molecule has 4 aromatic rings. The quantitative estimate of drug-likeness (QED) is 0.401. The summed E-state index contributed by atoms with van der Waals surface area (Å²) in [6.07, 6.45) is 4.84. The van der Waals surface area contributed by atoms with Gasteiger partial charge in [0.1, 0.15) is 5.65 Å². The Kier molecular flexibility index (Phi) is 5.50. The maximum Gasteiger partial charge on any atom is 0.257 e. The Labute approximate surface area is 188 Å². The molecule has 3 N–H and O–H groups in total. The third kappa shape index (κ3) is 4.16. The standard InChI is InChI=1S/C25H22F2N4O2/c26-19-10-5-14(13-20(19)27)24(32)30-16-8-6-15(7-9-16)29-21-11-12-28-23-22(21)17-3-1-2-4-18(17)25(33)31-23/h1-5,10-13,15-16H,6-9H2,(H,30,32)(H2,28,29,31,33). The van der Waals surface area contributed by atoms with Crippen LogP contribution in [0.15, 0.2) is 59.5 Å². The first-order valence-electron chi connectivity index (χ1n) is 10.9. The van der Waals surface area contributed by atoms with Crippen LogP contribution in [0.25, 0.3) is 21.8 Å². The number of nitrogens with one attached hydrogen (secondary N) is 3. The first-order chi connectivity index (χ1) is 16.0. The van der Waals surface area contributed by atoms with Crippen LogP contribution in [-0.4, -0.2) is 28.0 Å². The second kappa shape index (κ2) is 8.61. The maximum absolute atomic E-state index is 13.4. The molecule has 1 fully saturated rings. The normalized spacial score (nSPS) is 18.4. The zero-order valence-corrected chi connectivity index (χ0v) is 17.7. The summed E-state index contributed by atoms with van der Waals surface area (Å²) in [5, 5.41) is 8.85. The topological polar surface area (TPSA) is 86.9 Å². The molecule has 0 bridgehead atoms. The minimum Gasteiger partial charge on any atom is -0.382 e. The summed E-state index contributed by atoms with van der Waals surface area (Å²) in [4.78, 5) is 32.0. The van der Waals surface area contributed by atoms with Crippen LogP contribution in [0.2, 0.25) is 0 Å². The minimum absolute atomic E-state index is 0.0324. The number of hydrogen-bond acceptors (Lipinski definition) is 4. The number of rotatable bonds is 4. The van der Waals surface area contributed by atoms with Crippen LogP contribution < -0.4 is 16.2 Å². The van der Waals surface area contributed by atoms with Gasteiger partial charge in [0.15, 0.2) is 11.6 Å².